The Labute approximate surface area is 128 Å². The van der Waals surface area contributed by atoms with Gasteiger partial charge in [0.15, 0.2) is 0 Å². The van der Waals surface area contributed by atoms with E-state index in [-0.39, 0.29) is 5.60 Å². The minimum atomic E-state index is 0.0839. The SMILES string of the molecule is CCC1(CC)CC(NC2CCOc3ccccc32)CCO1. The molecule has 2 atom stereocenters. The highest BCUT2D eigenvalue weighted by Gasteiger charge is 2.35. The lowest BCUT2D eigenvalue weighted by Crippen LogP contribution is -2.47. The second kappa shape index (κ2) is 6.37. The average Bonchev–Trinajstić information content (AvgIpc) is 2.55. The Morgan fingerprint density at radius 2 is 1.95 bits per heavy atom. The van der Waals surface area contributed by atoms with Crippen LogP contribution in [0.1, 0.15) is 57.6 Å². The van der Waals surface area contributed by atoms with E-state index >= 15 is 0 Å². The van der Waals surface area contributed by atoms with E-state index in [9.17, 15) is 0 Å². The number of benzene rings is 1. The number of ether oxygens (including phenoxy) is 2. The quantitative estimate of drug-likeness (QED) is 0.913. The summed E-state index contributed by atoms with van der Waals surface area (Å²) in [5.74, 6) is 1.05. The second-order valence-corrected chi connectivity index (χ2v) is 6.32. The zero-order valence-corrected chi connectivity index (χ0v) is 13.2. The molecule has 0 saturated carbocycles. The molecule has 0 aromatic heterocycles. The summed E-state index contributed by atoms with van der Waals surface area (Å²) < 4.78 is 11.8. The van der Waals surface area contributed by atoms with Crippen LogP contribution in [0.5, 0.6) is 5.75 Å². The van der Waals surface area contributed by atoms with Gasteiger partial charge in [-0.05, 0) is 31.7 Å². The maximum absolute atomic E-state index is 6.09. The summed E-state index contributed by atoms with van der Waals surface area (Å²) in [6, 6.07) is 9.40. The standard InChI is InChI=1S/C18H27NO2/c1-3-18(4-2)13-14(9-12-21-18)19-16-10-11-20-17-8-6-5-7-15(16)17/h5-8,14,16,19H,3-4,9-13H2,1-2H3. The predicted octanol–water partition coefficient (Wildman–Crippen LogP) is 3.84. The smallest absolute Gasteiger partial charge is 0.124 e. The minimum absolute atomic E-state index is 0.0839. The van der Waals surface area contributed by atoms with Crippen LogP contribution in [-0.4, -0.2) is 24.9 Å². The zero-order chi connectivity index (χ0) is 14.7. The van der Waals surface area contributed by atoms with E-state index in [0.29, 0.717) is 12.1 Å². The number of rotatable bonds is 4. The molecule has 116 valence electrons. The van der Waals surface area contributed by atoms with Gasteiger partial charge in [-0.2, -0.15) is 0 Å². The Balaban J connectivity index is 1.70. The van der Waals surface area contributed by atoms with Gasteiger partial charge in [0.2, 0.25) is 0 Å². The van der Waals surface area contributed by atoms with Crippen LogP contribution in [0.25, 0.3) is 0 Å². The largest absolute Gasteiger partial charge is 0.493 e. The number of fused-ring (bicyclic) bond motifs is 1. The fraction of sp³-hybridized carbons (Fsp3) is 0.667. The van der Waals surface area contributed by atoms with Gasteiger partial charge in [0.1, 0.15) is 5.75 Å². The van der Waals surface area contributed by atoms with E-state index in [2.05, 4.69) is 43.4 Å². The molecule has 1 fully saturated rings. The highest BCUT2D eigenvalue weighted by Crippen LogP contribution is 2.35. The van der Waals surface area contributed by atoms with E-state index in [4.69, 9.17) is 9.47 Å². The van der Waals surface area contributed by atoms with Crippen molar-refractivity contribution in [2.45, 2.75) is 63.6 Å². The van der Waals surface area contributed by atoms with Gasteiger partial charge in [0, 0.05) is 30.7 Å². The maximum Gasteiger partial charge on any atom is 0.124 e. The van der Waals surface area contributed by atoms with Crippen LogP contribution >= 0.6 is 0 Å². The third kappa shape index (κ3) is 3.09. The van der Waals surface area contributed by atoms with Crippen molar-refractivity contribution in [2.75, 3.05) is 13.2 Å². The van der Waals surface area contributed by atoms with Crippen LogP contribution < -0.4 is 10.1 Å². The van der Waals surface area contributed by atoms with Crippen molar-refractivity contribution in [2.24, 2.45) is 0 Å². The van der Waals surface area contributed by atoms with Crippen LogP contribution in [0, 0.1) is 0 Å². The fourth-order valence-corrected chi connectivity index (χ4v) is 3.71. The van der Waals surface area contributed by atoms with Crippen molar-refractivity contribution in [1.82, 2.24) is 5.32 Å². The third-order valence-corrected chi connectivity index (χ3v) is 5.18. The van der Waals surface area contributed by atoms with Crippen molar-refractivity contribution in [1.29, 1.82) is 0 Å². The normalized spacial score (nSPS) is 27.7. The molecular formula is C18H27NO2. The second-order valence-electron chi connectivity index (χ2n) is 6.32. The molecule has 21 heavy (non-hydrogen) atoms. The summed E-state index contributed by atoms with van der Waals surface area (Å²) in [4.78, 5) is 0. The molecule has 0 radical (unpaired) electrons. The molecule has 1 aromatic rings. The van der Waals surface area contributed by atoms with Crippen LogP contribution in [-0.2, 0) is 4.74 Å². The van der Waals surface area contributed by atoms with Crippen molar-refractivity contribution in [3.05, 3.63) is 29.8 Å². The lowest BCUT2D eigenvalue weighted by Gasteiger charge is -2.42. The molecule has 3 nitrogen and oxygen atoms in total. The summed E-state index contributed by atoms with van der Waals surface area (Å²) in [5.41, 5.74) is 1.40. The molecule has 3 heteroatoms. The average molecular weight is 289 g/mol. The Kier molecular flexibility index (Phi) is 4.51. The van der Waals surface area contributed by atoms with Crippen molar-refractivity contribution in [3.8, 4) is 5.75 Å². The molecule has 0 bridgehead atoms. The summed E-state index contributed by atoms with van der Waals surface area (Å²) in [6.07, 6.45) is 5.50. The molecular weight excluding hydrogens is 262 g/mol. The molecule has 1 N–H and O–H groups in total. The molecule has 0 spiro atoms. The summed E-state index contributed by atoms with van der Waals surface area (Å²) in [5, 5.41) is 3.88. The van der Waals surface area contributed by atoms with Crippen LogP contribution in [0.15, 0.2) is 24.3 Å². The van der Waals surface area contributed by atoms with Gasteiger partial charge >= 0.3 is 0 Å². The first-order valence-electron chi connectivity index (χ1n) is 8.38. The van der Waals surface area contributed by atoms with Gasteiger partial charge in [0.25, 0.3) is 0 Å². The van der Waals surface area contributed by atoms with Gasteiger partial charge in [-0.1, -0.05) is 32.0 Å². The summed E-state index contributed by atoms with van der Waals surface area (Å²) in [6.45, 7) is 6.18. The van der Waals surface area contributed by atoms with E-state index < -0.39 is 0 Å². The van der Waals surface area contributed by atoms with E-state index in [1.54, 1.807) is 0 Å². The monoisotopic (exact) mass is 289 g/mol. The maximum atomic E-state index is 6.09. The van der Waals surface area contributed by atoms with Gasteiger partial charge in [-0.3, -0.25) is 0 Å². The van der Waals surface area contributed by atoms with Gasteiger partial charge in [-0.15, -0.1) is 0 Å². The van der Waals surface area contributed by atoms with Crippen LogP contribution in [0.2, 0.25) is 0 Å². The van der Waals surface area contributed by atoms with Crippen molar-refractivity contribution < 1.29 is 9.47 Å². The molecule has 0 amide bonds. The minimum Gasteiger partial charge on any atom is -0.493 e. The number of hydrogen-bond acceptors (Lipinski definition) is 3. The predicted molar refractivity (Wildman–Crippen MR) is 84.7 cm³/mol. The molecule has 2 aliphatic rings. The Hall–Kier alpha value is -1.06. The summed E-state index contributed by atoms with van der Waals surface area (Å²) >= 11 is 0. The Morgan fingerprint density at radius 3 is 2.76 bits per heavy atom. The van der Waals surface area contributed by atoms with E-state index in [0.717, 1.165) is 51.1 Å². The van der Waals surface area contributed by atoms with E-state index in [1.165, 1.54) is 5.56 Å². The van der Waals surface area contributed by atoms with Gasteiger partial charge in [-0.25, -0.2) is 0 Å². The van der Waals surface area contributed by atoms with Crippen molar-refractivity contribution in [3.63, 3.8) is 0 Å². The Morgan fingerprint density at radius 1 is 1.14 bits per heavy atom. The van der Waals surface area contributed by atoms with Crippen molar-refractivity contribution >= 4 is 0 Å². The molecule has 0 aliphatic carbocycles. The third-order valence-electron chi connectivity index (χ3n) is 5.18. The molecule has 2 heterocycles. The highest BCUT2D eigenvalue weighted by atomic mass is 16.5. The van der Waals surface area contributed by atoms with Gasteiger partial charge in [0.05, 0.1) is 12.2 Å². The first kappa shape index (κ1) is 14.9. The molecule has 1 aromatic carbocycles. The molecule has 2 unspecified atom stereocenters. The molecule has 1 saturated heterocycles. The summed E-state index contributed by atoms with van der Waals surface area (Å²) in [7, 11) is 0. The first-order valence-corrected chi connectivity index (χ1v) is 8.38. The van der Waals surface area contributed by atoms with Crippen LogP contribution in [0.4, 0.5) is 0 Å². The number of para-hydroxylation sites is 1. The topological polar surface area (TPSA) is 30.5 Å². The van der Waals surface area contributed by atoms with E-state index in [1.807, 2.05) is 0 Å². The molecule has 2 aliphatic heterocycles. The first-order chi connectivity index (χ1) is 10.3. The van der Waals surface area contributed by atoms with Crippen LogP contribution in [0.3, 0.4) is 0 Å². The molecule has 3 rings (SSSR count). The fourth-order valence-electron chi connectivity index (χ4n) is 3.71. The lowest BCUT2D eigenvalue weighted by molar-refractivity contribution is -0.0944. The highest BCUT2D eigenvalue weighted by molar-refractivity contribution is 5.37. The van der Waals surface area contributed by atoms with Gasteiger partial charge < -0.3 is 14.8 Å². The number of nitrogens with one attached hydrogen (secondary N) is 1. The lowest BCUT2D eigenvalue weighted by atomic mass is 9.85. The Bertz CT molecular complexity index is 470. The zero-order valence-electron chi connectivity index (χ0n) is 13.2. The number of hydrogen-bond donors (Lipinski definition) is 1.